The van der Waals surface area contributed by atoms with Crippen LogP contribution in [0.4, 0.5) is 0 Å². The highest BCUT2D eigenvalue weighted by Crippen LogP contribution is 2.34. The lowest BCUT2D eigenvalue weighted by Gasteiger charge is -2.23. The molecule has 0 bridgehead atoms. The number of halogens is 3. The molecule has 3 rings (SSSR count). The number of morpholine rings is 1. The minimum absolute atomic E-state index is 0. The van der Waals surface area contributed by atoms with Crippen molar-refractivity contribution in [1.29, 1.82) is 0 Å². The molecule has 0 aliphatic carbocycles. The van der Waals surface area contributed by atoms with Crippen LogP contribution < -0.4 is 15.4 Å². The molecule has 146 valence electrons. The molecule has 1 atom stereocenters. The second kappa shape index (κ2) is 10.7. The third-order valence-corrected chi connectivity index (χ3v) is 4.79. The lowest BCUT2D eigenvalue weighted by molar-refractivity contribution is -0.122. The summed E-state index contributed by atoms with van der Waals surface area (Å²) >= 11 is 12.1. The van der Waals surface area contributed by atoms with Gasteiger partial charge in [0, 0.05) is 25.6 Å². The monoisotopic (exact) mass is 430 g/mol. The van der Waals surface area contributed by atoms with Crippen molar-refractivity contribution >= 4 is 41.5 Å². The Labute approximate surface area is 174 Å². The van der Waals surface area contributed by atoms with Crippen molar-refractivity contribution in [2.45, 2.75) is 19.0 Å². The van der Waals surface area contributed by atoms with E-state index in [9.17, 15) is 4.79 Å². The molecule has 2 aromatic carbocycles. The molecule has 1 aliphatic rings. The van der Waals surface area contributed by atoms with E-state index >= 15 is 0 Å². The van der Waals surface area contributed by atoms with Gasteiger partial charge in [-0.25, -0.2) is 0 Å². The standard InChI is InChI=1S/C19H20Cl2N2O3.ClH/c20-16-2-1-3-17(19(16)21)26-15-6-4-13(5-7-15)11-23-18(24)10-14-12-25-9-8-22-14;/h1-7,14,22H,8-12H2,(H,23,24);1H. The number of benzene rings is 2. The minimum Gasteiger partial charge on any atom is -0.456 e. The van der Waals surface area contributed by atoms with E-state index in [-0.39, 0.29) is 24.4 Å². The number of ether oxygens (including phenoxy) is 2. The zero-order chi connectivity index (χ0) is 18.4. The van der Waals surface area contributed by atoms with Gasteiger partial charge in [-0.05, 0) is 29.8 Å². The second-order valence-electron chi connectivity index (χ2n) is 6.00. The van der Waals surface area contributed by atoms with Crippen molar-refractivity contribution in [3.05, 3.63) is 58.1 Å². The Morgan fingerprint density at radius 3 is 2.70 bits per heavy atom. The van der Waals surface area contributed by atoms with Gasteiger partial charge in [0.2, 0.25) is 5.91 Å². The van der Waals surface area contributed by atoms with Gasteiger partial charge in [0.25, 0.3) is 0 Å². The topological polar surface area (TPSA) is 59.6 Å². The second-order valence-corrected chi connectivity index (χ2v) is 6.79. The highest BCUT2D eigenvalue weighted by Gasteiger charge is 2.16. The number of carbonyl (C=O) groups is 1. The molecule has 1 heterocycles. The molecule has 8 heteroatoms. The van der Waals surface area contributed by atoms with Gasteiger partial charge in [0.05, 0.1) is 18.2 Å². The van der Waals surface area contributed by atoms with E-state index in [1.807, 2.05) is 24.3 Å². The lowest BCUT2D eigenvalue weighted by Crippen LogP contribution is -2.44. The Bertz CT molecular complexity index is 750. The van der Waals surface area contributed by atoms with E-state index in [0.29, 0.717) is 47.7 Å². The van der Waals surface area contributed by atoms with E-state index < -0.39 is 0 Å². The predicted molar refractivity (Wildman–Crippen MR) is 109 cm³/mol. The Balaban J connectivity index is 0.00000261. The predicted octanol–water partition coefficient (Wildman–Crippen LogP) is 4.20. The van der Waals surface area contributed by atoms with Crippen LogP contribution in [0.2, 0.25) is 10.0 Å². The van der Waals surface area contributed by atoms with Crippen LogP contribution in [0.3, 0.4) is 0 Å². The molecule has 5 nitrogen and oxygen atoms in total. The van der Waals surface area contributed by atoms with Crippen LogP contribution in [-0.4, -0.2) is 31.7 Å². The maximum atomic E-state index is 12.0. The van der Waals surface area contributed by atoms with Gasteiger partial charge in [-0.3, -0.25) is 4.79 Å². The zero-order valence-corrected chi connectivity index (χ0v) is 16.9. The maximum Gasteiger partial charge on any atom is 0.221 e. The Morgan fingerprint density at radius 2 is 2.00 bits per heavy atom. The van der Waals surface area contributed by atoms with Gasteiger partial charge in [-0.2, -0.15) is 0 Å². The largest absolute Gasteiger partial charge is 0.456 e. The molecule has 1 saturated heterocycles. The normalized spacial score (nSPS) is 16.3. The van der Waals surface area contributed by atoms with Gasteiger partial charge < -0.3 is 20.1 Å². The first-order valence-corrected chi connectivity index (χ1v) is 9.16. The summed E-state index contributed by atoms with van der Waals surface area (Å²) in [5.74, 6) is 1.15. The van der Waals surface area contributed by atoms with Crippen molar-refractivity contribution in [3.8, 4) is 11.5 Å². The number of amides is 1. The zero-order valence-electron chi connectivity index (χ0n) is 14.5. The molecule has 2 aromatic rings. The average molecular weight is 432 g/mol. The summed E-state index contributed by atoms with van der Waals surface area (Å²) in [6.45, 7) is 2.53. The van der Waals surface area contributed by atoms with Crippen molar-refractivity contribution in [3.63, 3.8) is 0 Å². The van der Waals surface area contributed by atoms with Crippen LogP contribution in [0.15, 0.2) is 42.5 Å². The van der Waals surface area contributed by atoms with Gasteiger partial charge >= 0.3 is 0 Å². The van der Waals surface area contributed by atoms with E-state index in [1.54, 1.807) is 18.2 Å². The number of rotatable bonds is 6. The van der Waals surface area contributed by atoms with Gasteiger partial charge in [0.1, 0.15) is 16.5 Å². The van der Waals surface area contributed by atoms with Gasteiger partial charge in [-0.15, -0.1) is 12.4 Å². The van der Waals surface area contributed by atoms with Crippen LogP contribution in [-0.2, 0) is 16.1 Å². The van der Waals surface area contributed by atoms with Crippen LogP contribution in [0, 0.1) is 0 Å². The van der Waals surface area contributed by atoms with Gasteiger partial charge in [-0.1, -0.05) is 41.4 Å². The summed E-state index contributed by atoms with van der Waals surface area (Å²) in [5, 5.41) is 7.01. The first kappa shape index (κ1) is 21.8. The van der Waals surface area contributed by atoms with E-state index in [1.165, 1.54) is 0 Å². The fourth-order valence-corrected chi connectivity index (χ4v) is 2.94. The van der Waals surface area contributed by atoms with Gasteiger partial charge in [0.15, 0.2) is 0 Å². The molecule has 0 aromatic heterocycles. The van der Waals surface area contributed by atoms with Crippen LogP contribution in [0.5, 0.6) is 11.5 Å². The molecule has 1 unspecified atom stereocenters. The van der Waals surface area contributed by atoms with Crippen LogP contribution in [0.1, 0.15) is 12.0 Å². The highest BCUT2D eigenvalue weighted by molar-refractivity contribution is 6.42. The van der Waals surface area contributed by atoms with E-state index in [0.717, 1.165) is 12.1 Å². The molecule has 27 heavy (non-hydrogen) atoms. The molecular weight excluding hydrogens is 411 g/mol. The van der Waals surface area contributed by atoms with Crippen molar-refractivity contribution in [2.24, 2.45) is 0 Å². The fraction of sp³-hybridized carbons (Fsp3) is 0.316. The summed E-state index contributed by atoms with van der Waals surface area (Å²) in [4.78, 5) is 12.0. The minimum atomic E-state index is -0.000893. The molecule has 2 N–H and O–H groups in total. The fourth-order valence-electron chi connectivity index (χ4n) is 2.61. The molecule has 1 fully saturated rings. The third kappa shape index (κ3) is 6.55. The number of carbonyl (C=O) groups excluding carboxylic acids is 1. The number of hydrogen-bond donors (Lipinski definition) is 2. The van der Waals surface area contributed by atoms with Crippen molar-refractivity contribution < 1.29 is 14.3 Å². The Morgan fingerprint density at radius 1 is 1.22 bits per heavy atom. The molecule has 0 radical (unpaired) electrons. The van der Waals surface area contributed by atoms with E-state index in [4.69, 9.17) is 32.7 Å². The lowest BCUT2D eigenvalue weighted by atomic mass is 10.1. The quantitative estimate of drug-likeness (QED) is 0.719. The summed E-state index contributed by atoms with van der Waals surface area (Å²) in [5.41, 5.74) is 0.982. The average Bonchev–Trinajstić information content (AvgIpc) is 2.66. The third-order valence-electron chi connectivity index (χ3n) is 3.99. The molecule has 0 spiro atoms. The first-order chi connectivity index (χ1) is 12.6. The summed E-state index contributed by atoms with van der Waals surface area (Å²) in [7, 11) is 0. The highest BCUT2D eigenvalue weighted by atomic mass is 35.5. The maximum absolute atomic E-state index is 12.0. The smallest absolute Gasteiger partial charge is 0.221 e. The molecule has 1 amide bonds. The number of nitrogens with one attached hydrogen (secondary N) is 2. The SMILES string of the molecule is Cl.O=C(CC1COCCN1)NCc1ccc(Oc2cccc(Cl)c2Cl)cc1. The van der Waals surface area contributed by atoms with Crippen LogP contribution in [0.25, 0.3) is 0 Å². The van der Waals surface area contributed by atoms with E-state index in [2.05, 4.69) is 10.6 Å². The number of hydrogen-bond acceptors (Lipinski definition) is 4. The first-order valence-electron chi connectivity index (χ1n) is 8.40. The summed E-state index contributed by atoms with van der Waals surface area (Å²) in [6.07, 6.45) is 0.411. The molecular formula is C19H21Cl3N2O3. The van der Waals surface area contributed by atoms with Crippen molar-refractivity contribution in [1.82, 2.24) is 10.6 Å². The summed E-state index contributed by atoms with van der Waals surface area (Å²) in [6, 6.07) is 12.8. The van der Waals surface area contributed by atoms with Crippen molar-refractivity contribution in [2.75, 3.05) is 19.8 Å². The van der Waals surface area contributed by atoms with Crippen LogP contribution >= 0.6 is 35.6 Å². The molecule has 1 aliphatic heterocycles. The summed E-state index contributed by atoms with van der Waals surface area (Å²) < 4.78 is 11.1. The Hall–Kier alpha value is -1.50. The Kier molecular flexibility index (Phi) is 8.67. The molecule has 0 saturated carbocycles.